The lowest BCUT2D eigenvalue weighted by atomic mass is 10.1. The SMILES string of the molecule is C[C@@]1(CNC(=O)c2ccc(C(=O)O)nc2)CCCS1. The van der Waals surface area contributed by atoms with Gasteiger partial charge in [0.05, 0.1) is 5.56 Å². The Morgan fingerprint density at radius 1 is 1.53 bits per heavy atom. The smallest absolute Gasteiger partial charge is 0.354 e. The first-order valence-corrected chi connectivity index (χ1v) is 7.10. The molecule has 1 saturated heterocycles. The molecular formula is C13H16N2O3S. The minimum atomic E-state index is -1.10. The van der Waals surface area contributed by atoms with Crippen LogP contribution in [0.25, 0.3) is 0 Å². The minimum Gasteiger partial charge on any atom is -0.477 e. The van der Waals surface area contributed by atoms with Gasteiger partial charge < -0.3 is 10.4 Å². The Hall–Kier alpha value is -1.56. The average molecular weight is 280 g/mol. The number of thioether (sulfide) groups is 1. The number of rotatable bonds is 4. The largest absolute Gasteiger partial charge is 0.477 e. The summed E-state index contributed by atoms with van der Waals surface area (Å²) in [4.78, 5) is 26.3. The predicted octanol–water partition coefficient (Wildman–Crippen LogP) is 1.80. The summed E-state index contributed by atoms with van der Waals surface area (Å²) in [6.45, 7) is 2.77. The van der Waals surface area contributed by atoms with Crippen molar-refractivity contribution in [3.05, 3.63) is 29.6 Å². The van der Waals surface area contributed by atoms with E-state index in [1.807, 2.05) is 11.8 Å². The molecule has 19 heavy (non-hydrogen) atoms. The van der Waals surface area contributed by atoms with Gasteiger partial charge in [0.15, 0.2) is 0 Å². The lowest BCUT2D eigenvalue weighted by molar-refractivity contribution is 0.0689. The zero-order valence-electron chi connectivity index (χ0n) is 10.7. The molecule has 1 atom stereocenters. The predicted molar refractivity (Wildman–Crippen MR) is 73.6 cm³/mol. The molecule has 2 heterocycles. The number of nitrogens with one attached hydrogen (secondary N) is 1. The van der Waals surface area contributed by atoms with Crippen LogP contribution in [0.4, 0.5) is 0 Å². The molecule has 102 valence electrons. The minimum absolute atomic E-state index is 0.0603. The maximum Gasteiger partial charge on any atom is 0.354 e. The number of pyridine rings is 1. The van der Waals surface area contributed by atoms with E-state index in [2.05, 4.69) is 17.2 Å². The molecule has 0 saturated carbocycles. The van der Waals surface area contributed by atoms with Crippen molar-refractivity contribution in [3.8, 4) is 0 Å². The van der Waals surface area contributed by atoms with Crippen LogP contribution in [0.15, 0.2) is 18.3 Å². The van der Waals surface area contributed by atoms with Crippen LogP contribution >= 0.6 is 11.8 Å². The number of carbonyl (C=O) groups excluding carboxylic acids is 1. The molecule has 5 nitrogen and oxygen atoms in total. The van der Waals surface area contributed by atoms with Crippen molar-refractivity contribution in [1.29, 1.82) is 0 Å². The van der Waals surface area contributed by atoms with Crippen molar-refractivity contribution in [2.45, 2.75) is 24.5 Å². The third-order valence-corrected chi connectivity index (χ3v) is 4.71. The van der Waals surface area contributed by atoms with Gasteiger partial charge >= 0.3 is 5.97 Å². The van der Waals surface area contributed by atoms with E-state index in [0.29, 0.717) is 12.1 Å². The number of amides is 1. The summed E-state index contributed by atoms with van der Waals surface area (Å²) >= 11 is 1.88. The normalized spacial score (nSPS) is 22.2. The number of carboxylic acid groups (broad SMARTS) is 1. The van der Waals surface area contributed by atoms with Gasteiger partial charge in [0.25, 0.3) is 5.91 Å². The van der Waals surface area contributed by atoms with Crippen molar-refractivity contribution in [2.75, 3.05) is 12.3 Å². The highest BCUT2D eigenvalue weighted by molar-refractivity contribution is 8.00. The molecule has 1 aliphatic heterocycles. The molecule has 0 bridgehead atoms. The molecule has 2 N–H and O–H groups in total. The second-order valence-corrected chi connectivity index (χ2v) is 6.50. The van der Waals surface area contributed by atoms with Crippen LogP contribution in [0.2, 0.25) is 0 Å². The number of hydrogen-bond donors (Lipinski definition) is 2. The molecule has 0 spiro atoms. The van der Waals surface area contributed by atoms with Gasteiger partial charge in [-0.2, -0.15) is 11.8 Å². The third kappa shape index (κ3) is 3.47. The first kappa shape index (κ1) is 13.9. The molecular weight excluding hydrogens is 264 g/mol. The maximum absolute atomic E-state index is 11.9. The van der Waals surface area contributed by atoms with E-state index in [1.54, 1.807) is 0 Å². The molecule has 1 fully saturated rings. The molecule has 0 radical (unpaired) electrons. The van der Waals surface area contributed by atoms with E-state index in [1.165, 1.54) is 24.8 Å². The monoisotopic (exact) mass is 280 g/mol. The molecule has 0 aromatic carbocycles. The fourth-order valence-corrected chi connectivity index (χ4v) is 3.24. The van der Waals surface area contributed by atoms with Crippen LogP contribution in [0.1, 0.15) is 40.6 Å². The molecule has 0 unspecified atom stereocenters. The van der Waals surface area contributed by atoms with E-state index >= 15 is 0 Å². The second kappa shape index (κ2) is 5.61. The Kier molecular flexibility index (Phi) is 4.09. The van der Waals surface area contributed by atoms with Gasteiger partial charge in [0, 0.05) is 17.5 Å². The number of carboxylic acids is 1. The second-order valence-electron chi connectivity index (χ2n) is 4.82. The molecule has 1 aromatic rings. The number of aromatic carboxylic acids is 1. The zero-order chi connectivity index (χ0) is 13.9. The van der Waals surface area contributed by atoms with Gasteiger partial charge in [0.1, 0.15) is 5.69 Å². The fourth-order valence-electron chi connectivity index (χ4n) is 2.00. The molecule has 2 rings (SSSR count). The van der Waals surface area contributed by atoms with E-state index in [4.69, 9.17) is 5.11 Å². The van der Waals surface area contributed by atoms with Crippen LogP contribution in [0.3, 0.4) is 0 Å². The van der Waals surface area contributed by atoms with Crippen LogP contribution < -0.4 is 5.32 Å². The highest BCUT2D eigenvalue weighted by Crippen LogP contribution is 2.36. The third-order valence-electron chi connectivity index (χ3n) is 3.17. The first-order valence-electron chi connectivity index (χ1n) is 6.12. The van der Waals surface area contributed by atoms with Crippen molar-refractivity contribution in [1.82, 2.24) is 10.3 Å². The number of hydrogen-bond acceptors (Lipinski definition) is 4. The summed E-state index contributed by atoms with van der Waals surface area (Å²) in [5.74, 6) is -0.165. The van der Waals surface area contributed by atoms with Crippen molar-refractivity contribution >= 4 is 23.6 Å². The summed E-state index contributed by atoms with van der Waals surface area (Å²) in [5.41, 5.74) is 0.325. The summed E-state index contributed by atoms with van der Waals surface area (Å²) in [6.07, 6.45) is 3.59. The fraction of sp³-hybridized carbons (Fsp3) is 0.462. The topological polar surface area (TPSA) is 79.3 Å². The summed E-state index contributed by atoms with van der Waals surface area (Å²) < 4.78 is 0.115. The van der Waals surface area contributed by atoms with E-state index in [-0.39, 0.29) is 16.3 Å². The highest BCUT2D eigenvalue weighted by atomic mass is 32.2. The highest BCUT2D eigenvalue weighted by Gasteiger charge is 2.29. The summed E-state index contributed by atoms with van der Waals surface area (Å²) in [5, 5.41) is 11.6. The standard InChI is InChI=1S/C13H16N2O3S/c1-13(5-2-6-19-13)8-15-11(16)9-3-4-10(12(17)18)14-7-9/h3-4,7H,2,5-6,8H2,1H3,(H,15,16)(H,17,18)/t13-/m0/s1. The van der Waals surface area contributed by atoms with Gasteiger partial charge in [-0.1, -0.05) is 0 Å². The molecule has 6 heteroatoms. The number of carbonyl (C=O) groups is 2. The zero-order valence-corrected chi connectivity index (χ0v) is 11.5. The van der Waals surface area contributed by atoms with Crippen molar-refractivity contribution in [2.24, 2.45) is 0 Å². The van der Waals surface area contributed by atoms with Crippen LogP contribution in [0.5, 0.6) is 0 Å². The van der Waals surface area contributed by atoms with E-state index in [0.717, 1.165) is 12.2 Å². The summed E-state index contributed by atoms with van der Waals surface area (Å²) in [7, 11) is 0. The van der Waals surface area contributed by atoms with Crippen molar-refractivity contribution in [3.63, 3.8) is 0 Å². The summed E-state index contributed by atoms with van der Waals surface area (Å²) in [6, 6.07) is 2.82. The maximum atomic E-state index is 11.9. The first-order chi connectivity index (χ1) is 9.00. The Morgan fingerprint density at radius 2 is 2.32 bits per heavy atom. The van der Waals surface area contributed by atoms with Gasteiger partial charge in [-0.15, -0.1) is 0 Å². The quantitative estimate of drug-likeness (QED) is 0.879. The Labute approximate surface area is 115 Å². The molecule has 1 aromatic heterocycles. The Morgan fingerprint density at radius 3 is 2.84 bits per heavy atom. The Bertz CT molecular complexity index is 481. The van der Waals surface area contributed by atoms with E-state index in [9.17, 15) is 9.59 Å². The van der Waals surface area contributed by atoms with Gasteiger partial charge in [-0.3, -0.25) is 4.79 Å². The van der Waals surface area contributed by atoms with Crippen molar-refractivity contribution < 1.29 is 14.7 Å². The molecule has 1 amide bonds. The lowest BCUT2D eigenvalue weighted by Crippen LogP contribution is -2.36. The van der Waals surface area contributed by atoms with Gasteiger partial charge in [-0.05, 0) is 37.7 Å². The number of nitrogens with zero attached hydrogens (tertiary/aromatic N) is 1. The van der Waals surface area contributed by atoms with Crippen LogP contribution in [-0.2, 0) is 0 Å². The lowest BCUT2D eigenvalue weighted by Gasteiger charge is -2.22. The van der Waals surface area contributed by atoms with Crippen LogP contribution in [-0.4, -0.2) is 39.0 Å². The molecule has 0 aliphatic carbocycles. The Balaban J connectivity index is 1.94. The number of aromatic nitrogens is 1. The van der Waals surface area contributed by atoms with Gasteiger partial charge in [-0.25, -0.2) is 9.78 Å². The van der Waals surface area contributed by atoms with Crippen LogP contribution in [0, 0.1) is 0 Å². The van der Waals surface area contributed by atoms with Gasteiger partial charge in [0.2, 0.25) is 0 Å². The molecule has 1 aliphatic rings. The average Bonchev–Trinajstić information content (AvgIpc) is 2.83. The van der Waals surface area contributed by atoms with E-state index < -0.39 is 5.97 Å².